The summed E-state index contributed by atoms with van der Waals surface area (Å²) in [5.41, 5.74) is 1.14. The number of methoxy groups -OCH3 is 1. The van der Waals surface area contributed by atoms with Crippen molar-refractivity contribution in [3.8, 4) is 11.5 Å². The third-order valence-electron chi connectivity index (χ3n) is 4.34. The van der Waals surface area contributed by atoms with Crippen LogP contribution in [0.25, 0.3) is 6.08 Å². The normalized spacial score (nSPS) is 25.4. The summed E-state index contributed by atoms with van der Waals surface area (Å²) in [5, 5.41) is 0. The highest BCUT2D eigenvalue weighted by atomic mass is 16.5. The number of hydrogen-bond acceptors (Lipinski definition) is 2. The van der Waals surface area contributed by atoms with Crippen LogP contribution in [0.15, 0.2) is 24.3 Å². The number of benzene rings is 1. The Labute approximate surface area is 134 Å². The molecule has 1 heterocycles. The van der Waals surface area contributed by atoms with Crippen LogP contribution in [-0.2, 0) is 0 Å². The number of likely N-dealkylation sites (tertiary alicyclic amines) is 1. The Morgan fingerprint density at radius 2 is 1.91 bits per heavy atom. The molecule has 1 aliphatic heterocycles. The predicted molar refractivity (Wildman–Crippen MR) is 91.7 cm³/mol. The first kappa shape index (κ1) is 16.9. The van der Waals surface area contributed by atoms with Gasteiger partial charge in [0.15, 0.2) is 11.5 Å². The number of rotatable bonds is 6. The fourth-order valence-electron chi connectivity index (χ4n) is 3.53. The lowest BCUT2D eigenvalue weighted by atomic mass is 9.92. The number of hydrogen-bond donors (Lipinski definition) is 1. The maximum atomic E-state index is 5.96. The second kappa shape index (κ2) is 8.23. The third-order valence-corrected chi connectivity index (χ3v) is 4.34. The Balaban J connectivity index is 1.88. The van der Waals surface area contributed by atoms with E-state index in [1.54, 1.807) is 12.0 Å². The fraction of sp³-hybridized carbons (Fsp3) is 0.579. The molecule has 0 spiro atoms. The van der Waals surface area contributed by atoms with E-state index in [0.717, 1.165) is 42.0 Å². The predicted octanol–water partition coefficient (Wildman–Crippen LogP) is 2.67. The van der Waals surface area contributed by atoms with E-state index < -0.39 is 0 Å². The first-order chi connectivity index (χ1) is 10.6. The van der Waals surface area contributed by atoms with Gasteiger partial charge in [-0.25, -0.2) is 0 Å². The molecule has 0 unspecified atom stereocenters. The van der Waals surface area contributed by atoms with Crippen LogP contribution in [0.1, 0.15) is 32.8 Å². The Hall–Kier alpha value is -1.48. The number of quaternary nitrogens is 1. The standard InChI is InChI=1S/C19H29NO2/c1-5-6-17-7-8-18(19(12-17)21-4)22-10-9-20-13-15(2)11-16(3)14-20/h5-8,12,15-16H,9-11,13-14H2,1-4H3/p+1/b6-5+/t15-,16-/m1/s1. The second-order valence-corrected chi connectivity index (χ2v) is 6.61. The van der Waals surface area contributed by atoms with Crippen LogP contribution in [0.2, 0.25) is 0 Å². The van der Waals surface area contributed by atoms with Gasteiger partial charge in [-0.05, 0) is 31.0 Å². The average molecular weight is 304 g/mol. The van der Waals surface area contributed by atoms with E-state index in [-0.39, 0.29) is 0 Å². The van der Waals surface area contributed by atoms with Crippen LogP contribution >= 0.6 is 0 Å². The lowest BCUT2D eigenvalue weighted by Crippen LogP contribution is -3.14. The van der Waals surface area contributed by atoms with E-state index in [1.165, 1.54) is 19.5 Å². The van der Waals surface area contributed by atoms with Gasteiger partial charge in [-0.15, -0.1) is 0 Å². The van der Waals surface area contributed by atoms with Crippen molar-refractivity contribution < 1.29 is 14.4 Å². The molecule has 2 rings (SSSR count). The Morgan fingerprint density at radius 3 is 2.55 bits per heavy atom. The Kier molecular flexibility index (Phi) is 6.32. The highest BCUT2D eigenvalue weighted by Crippen LogP contribution is 2.28. The Bertz CT molecular complexity index is 488. The van der Waals surface area contributed by atoms with Gasteiger partial charge >= 0.3 is 0 Å². The molecule has 22 heavy (non-hydrogen) atoms. The van der Waals surface area contributed by atoms with Crippen molar-refractivity contribution in [1.29, 1.82) is 0 Å². The maximum absolute atomic E-state index is 5.96. The SMILES string of the molecule is C/C=C/c1ccc(OCC[NH+]2C[C@H](C)C[C@@H](C)C2)c(OC)c1. The van der Waals surface area contributed by atoms with E-state index >= 15 is 0 Å². The van der Waals surface area contributed by atoms with Gasteiger partial charge in [-0.1, -0.05) is 32.1 Å². The molecule has 122 valence electrons. The van der Waals surface area contributed by atoms with Crippen LogP contribution in [0.4, 0.5) is 0 Å². The largest absolute Gasteiger partial charge is 0.493 e. The van der Waals surface area contributed by atoms with Gasteiger partial charge in [0.25, 0.3) is 0 Å². The van der Waals surface area contributed by atoms with Crippen molar-refractivity contribution in [2.24, 2.45) is 11.8 Å². The van der Waals surface area contributed by atoms with Crippen LogP contribution in [0, 0.1) is 11.8 Å². The van der Waals surface area contributed by atoms with Gasteiger partial charge in [0, 0.05) is 11.8 Å². The fourth-order valence-corrected chi connectivity index (χ4v) is 3.53. The van der Waals surface area contributed by atoms with Gasteiger partial charge < -0.3 is 14.4 Å². The molecule has 0 aliphatic carbocycles. The third kappa shape index (κ3) is 4.77. The van der Waals surface area contributed by atoms with Gasteiger partial charge in [0.2, 0.25) is 0 Å². The summed E-state index contributed by atoms with van der Waals surface area (Å²) < 4.78 is 11.4. The molecular weight excluding hydrogens is 274 g/mol. The zero-order valence-electron chi connectivity index (χ0n) is 14.4. The average Bonchev–Trinajstić information content (AvgIpc) is 2.48. The van der Waals surface area contributed by atoms with Crippen molar-refractivity contribution >= 4 is 6.08 Å². The van der Waals surface area contributed by atoms with Crippen LogP contribution < -0.4 is 14.4 Å². The number of piperidine rings is 1. The molecule has 0 radical (unpaired) electrons. The molecule has 1 aromatic carbocycles. The molecule has 1 fully saturated rings. The van der Waals surface area contributed by atoms with Crippen molar-refractivity contribution in [2.75, 3.05) is 33.4 Å². The summed E-state index contributed by atoms with van der Waals surface area (Å²) in [5.74, 6) is 3.31. The molecule has 1 aliphatic rings. The van der Waals surface area contributed by atoms with Gasteiger partial charge in [-0.3, -0.25) is 0 Å². The van der Waals surface area contributed by atoms with E-state index in [2.05, 4.69) is 26.0 Å². The number of nitrogens with one attached hydrogen (secondary N) is 1. The van der Waals surface area contributed by atoms with Crippen molar-refractivity contribution in [2.45, 2.75) is 27.2 Å². The molecular formula is C19H30NO2+. The van der Waals surface area contributed by atoms with Crippen LogP contribution in [-0.4, -0.2) is 33.4 Å². The lowest BCUT2D eigenvalue weighted by molar-refractivity contribution is -0.912. The number of allylic oxidation sites excluding steroid dienone is 1. The van der Waals surface area contributed by atoms with E-state index in [0.29, 0.717) is 0 Å². The van der Waals surface area contributed by atoms with Crippen molar-refractivity contribution in [3.63, 3.8) is 0 Å². The topological polar surface area (TPSA) is 22.9 Å². The molecule has 1 aromatic rings. The molecule has 1 N–H and O–H groups in total. The molecule has 1 saturated heterocycles. The summed E-state index contributed by atoms with van der Waals surface area (Å²) in [6.45, 7) is 11.1. The van der Waals surface area contributed by atoms with Crippen molar-refractivity contribution in [1.82, 2.24) is 0 Å². The zero-order valence-corrected chi connectivity index (χ0v) is 14.4. The second-order valence-electron chi connectivity index (χ2n) is 6.61. The summed E-state index contributed by atoms with van der Waals surface area (Å²) in [6.07, 6.45) is 5.45. The quantitative estimate of drug-likeness (QED) is 0.873. The lowest BCUT2D eigenvalue weighted by Gasteiger charge is -2.31. The molecule has 2 atom stereocenters. The molecule has 0 saturated carbocycles. The highest BCUT2D eigenvalue weighted by Gasteiger charge is 2.24. The minimum Gasteiger partial charge on any atom is -0.493 e. The Morgan fingerprint density at radius 1 is 1.18 bits per heavy atom. The van der Waals surface area contributed by atoms with E-state index in [1.807, 2.05) is 25.1 Å². The minimum absolute atomic E-state index is 0.744. The zero-order chi connectivity index (χ0) is 15.9. The first-order valence-corrected chi connectivity index (χ1v) is 8.39. The van der Waals surface area contributed by atoms with Gasteiger partial charge in [0.1, 0.15) is 13.2 Å². The molecule has 0 bridgehead atoms. The van der Waals surface area contributed by atoms with Crippen LogP contribution in [0.3, 0.4) is 0 Å². The first-order valence-electron chi connectivity index (χ1n) is 8.39. The summed E-state index contributed by atoms with van der Waals surface area (Å²) in [6, 6.07) is 6.09. The summed E-state index contributed by atoms with van der Waals surface area (Å²) in [4.78, 5) is 1.66. The molecule has 3 nitrogen and oxygen atoms in total. The smallest absolute Gasteiger partial charge is 0.161 e. The monoisotopic (exact) mass is 304 g/mol. The highest BCUT2D eigenvalue weighted by molar-refractivity contribution is 5.55. The number of ether oxygens (including phenoxy) is 2. The molecule has 0 aromatic heterocycles. The van der Waals surface area contributed by atoms with Gasteiger partial charge in [-0.2, -0.15) is 0 Å². The summed E-state index contributed by atoms with van der Waals surface area (Å²) in [7, 11) is 1.70. The van der Waals surface area contributed by atoms with E-state index in [9.17, 15) is 0 Å². The molecule has 3 heteroatoms. The summed E-state index contributed by atoms with van der Waals surface area (Å²) >= 11 is 0. The maximum Gasteiger partial charge on any atom is 0.161 e. The minimum atomic E-state index is 0.744. The van der Waals surface area contributed by atoms with Gasteiger partial charge in [0.05, 0.1) is 20.2 Å². The molecule has 0 amide bonds. The van der Waals surface area contributed by atoms with Crippen LogP contribution in [0.5, 0.6) is 11.5 Å². The van der Waals surface area contributed by atoms with E-state index in [4.69, 9.17) is 9.47 Å². The van der Waals surface area contributed by atoms with Crippen molar-refractivity contribution in [3.05, 3.63) is 29.8 Å².